The van der Waals surface area contributed by atoms with Crippen LogP contribution in [0.5, 0.6) is 0 Å². The summed E-state index contributed by atoms with van der Waals surface area (Å²) in [5.41, 5.74) is 11.3. The summed E-state index contributed by atoms with van der Waals surface area (Å²) in [4.78, 5) is 54.3. The molecule has 1 fully saturated rings. The first kappa shape index (κ1) is 30.3. The maximum atomic E-state index is 12.8. The van der Waals surface area contributed by atoms with Crippen molar-refractivity contribution < 1.29 is 24.3 Å². The van der Waals surface area contributed by atoms with Crippen molar-refractivity contribution in [3.8, 4) is 0 Å². The number of aliphatic carboxylic acids is 1. The third-order valence-corrected chi connectivity index (χ3v) is 8.31. The molecule has 0 saturated carbocycles. The molecule has 3 rings (SSSR count). The molecule has 1 aliphatic rings. The maximum Gasteiger partial charge on any atom is 0.328 e. The third-order valence-electron chi connectivity index (χ3n) is 6.12. The first-order valence-corrected chi connectivity index (χ1v) is 14.0. The average molecular weight is 570 g/mol. The molecule has 214 valence electrons. The van der Waals surface area contributed by atoms with Gasteiger partial charge in [-0.05, 0) is 55.5 Å². The zero-order valence-corrected chi connectivity index (χ0v) is 23.0. The number of amides is 3. The molecule has 0 aliphatic carbocycles. The van der Waals surface area contributed by atoms with Gasteiger partial charge in [0, 0.05) is 36.0 Å². The number of aliphatic imine (C=N–C) groups is 1. The number of nitrogens with one attached hydrogen (secondary N) is 3. The number of guanidine groups is 1. The summed E-state index contributed by atoms with van der Waals surface area (Å²) < 4.78 is 2.29. The molecule has 3 amide bonds. The van der Waals surface area contributed by atoms with E-state index in [9.17, 15) is 24.3 Å². The number of carboxylic acid groups (broad SMARTS) is 1. The van der Waals surface area contributed by atoms with Crippen molar-refractivity contribution in [1.82, 2.24) is 20.3 Å². The molecule has 13 heteroatoms. The van der Waals surface area contributed by atoms with Gasteiger partial charge < -0.3 is 32.5 Å². The molecule has 8 N–H and O–H groups in total. The highest BCUT2D eigenvalue weighted by Gasteiger charge is 2.30. The molecule has 1 aliphatic heterocycles. The molecular formula is C27H35N7O5S. The second-order valence-electron chi connectivity index (χ2n) is 9.04. The normalized spacial score (nSPS) is 16.5. The van der Waals surface area contributed by atoms with Crippen LogP contribution in [0.1, 0.15) is 36.5 Å². The maximum absolute atomic E-state index is 12.8. The fourth-order valence-corrected chi connectivity index (χ4v) is 6.39. The first-order valence-electron chi connectivity index (χ1n) is 12.8. The minimum absolute atomic E-state index is 0.0236. The lowest BCUT2D eigenvalue weighted by molar-refractivity contribution is -0.142. The van der Waals surface area contributed by atoms with Crippen molar-refractivity contribution in [1.29, 1.82) is 0 Å². The Morgan fingerprint density at radius 2 is 1.85 bits per heavy atom. The highest BCUT2D eigenvalue weighted by molar-refractivity contribution is 8.13. The van der Waals surface area contributed by atoms with E-state index in [2.05, 4.69) is 42.7 Å². The summed E-state index contributed by atoms with van der Waals surface area (Å²) >= 11 is 0. The molecule has 3 atom stereocenters. The number of nitrogens with zero attached hydrogens (tertiary/aromatic N) is 2. The van der Waals surface area contributed by atoms with Crippen LogP contribution in [0.2, 0.25) is 0 Å². The van der Waals surface area contributed by atoms with Gasteiger partial charge in [-0.25, -0.2) is 14.1 Å². The summed E-state index contributed by atoms with van der Waals surface area (Å²) in [6, 6.07) is 14.9. The molecule has 0 bridgehead atoms. The number of carboxylic acids is 1. The second kappa shape index (κ2) is 14.8. The number of carbonyl (C=O) groups is 4. The lowest BCUT2D eigenvalue weighted by atomic mass is 10.1. The van der Waals surface area contributed by atoms with E-state index in [1.807, 2.05) is 25.1 Å². The summed E-state index contributed by atoms with van der Waals surface area (Å²) in [7, 11) is -0.269. The van der Waals surface area contributed by atoms with Crippen LogP contribution in [0.15, 0.2) is 64.5 Å². The third kappa shape index (κ3) is 8.92. The Labute approximate surface area is 235 Å². The van der Waals surface area contributed by atoms with Gasteiger partial charge in [-0.15, -0.1) is 0 Å². The van der Waals surface area contributed by atoms with Gasteiger partial charge in [0.25, 0.3) is 5.91 Å². The Bertz CT molecular complexity index is 1280. The molecule has 1 saturated heterocycles. The van der Waals surface area contributed by atoms with Crippen LogP contribution in [0.4, 0.5) is 5.69 Å². The van der Waals surface area contributed by atoms with Gasteiger partial charge in [-0.3, -0.25) is 14.4 Å². The van der Waals surface area contributed by atoms with E-state index in [-0.39, 0.29) is 41.2 Å². The Morgan fingerprint density at radius 3 is 2.52 bits per heavy atom. The van der Waals surface area contributed by atoms with E-state index in [4.69, 9.17) is 11.5 Å². The van der Waals surface area contributed by atoms with Crippen molar-refractivity contribution >= 4 is 51.4 Å². The highest BCUT2D eigenvalue weighted by atomic mass is 32.2. The summed E-state index contributed by atoms with van der Waals surface area (Å²) in [6.07, 6.45) is 1.93. The summed E-state index contributed by atoms with van der Waals surface area (Å²) in [5.74, 6) is -2.98. The molecule has 0 spiro atoms. The lowest BCUT2D eigenvalue weighted by Crippen LogP contribution is -2.50. The fraction of sp³-hybridized carbons (Fsp3) is 0.333. The van der Waals surface area contributed by atoms with Crippen molar-refractivity contribution in [2.75, 3.05) is 19.6 Å². The Hall–Kier alpha value is -4.23. The van der Waals surface area contributed by atoms with Crippen LogP contribution in [-0.4, -0.2) is 76.1 Å². The Kier molecular flexibility index (Phi) is 11.2. The van der Waals surface area contributed by atoms with Gasteiger partial charge in [-0.1, -0.05) is 34.9 Å². The van der Waals surface area contributed by atoms with Gasteiger partial charge >= 0.3 is 5.97 Å². The van der Waals surface area contributed by atoms with E-state index in [1.165, 1.54) is 12.1 Å². The van der Waals surface area contributed by atoms with Crippen LogP contribution in [0.3, 0.4) is 0 Å². The average Bonchev–Trinajstić information content (AvgIpc) is 3.37. The monoisotopic (exact) mass is 569 g/mol. The zero-order chi connectivity index (χ0) is 29.1. The summed E-state index contributed by atoms with van der Waals surface area (Å²) in [5, 5.41) is 19.1. The van der Waals surface area contributed by atoms with Crippen LogP contribution in [0.25, 0.3) is 0 Å². The fourth-order valence-electron chi connectivity index (χ4n) is 4.31. The molecule has 40 heavy (non-hydrogen) atoms. The first-order chi connectivity index (χ1) is 19.2. The van der Waals surface area contributed by atoms with Crippen molar-refractivity contribution in [3.63, 3.8) is 0 Å². The van der Waals surface area contributed by atoms with Crippen LogP contribution < -0.4 is 27.4 Å². The van der Waals surface area contributed by atoms with E-state index < -0.39 is 36.3 Å². The molecule has 12 nitrogen and oxygen atoms in total. The standard InChI is InChI=1S/C27H35N7O5S/c1-2-40(21-11-4-3-5-12-21)34-13-7-10-20(34)15-23(35)33-22(26(38)39)16-30-24(36)17-31-25(37)18-8-6-9-19(14-18)32-27(28)29/h2-6,8-9,11-12,14,20,22H,7,10,13,15-17H2,1H3,(H,30,36)(H,31,37)(H,33,35)(H,38,39)(H4,28,29,32)/t20-,22-,40?/m0/s1. The van der Waals surface area contributed by atoms with E-state index in [0.717, 1.165) is 24.3 Å². The number of rotatable bonds is 12. The topological polar surface area (TPSA) is 192 Å². The number of hydrogen-bond donors (Lipinski definition) is 6. The van der Waals surface area contributed by atoms with Crippen molar-refractivity contribution in [2.45, 2.75) is 43.2 Å². The molecule has 1 unspecified atom stereocenters. The Balaban J connectivity index is 1.49. The lowest BCUT2D eigenvalue weighted by Gasteiger charge is -2.28. The summed E-state index contributed by atoms with van der Waals surface area (Å²) in [6.45, 7) is 2.13. The zero-order valence-electron chi connectivity index (χ0n) is 22.2. The predicted molar refractivity (Wildman–Crippen MR) is 155 cm³/mol. The molecule has 2 aromatic carbocycles. The quantitative estimate of drug-likeness (QED) is 0.123. The second-order valence-corrected chi connectivity index (χ2v) is 11.1. The van der Waals surface area contributed by atoms with Crippen molar-refractivity contribution in [2.24, 2.45) is 16.5 Å². The highest BCUT2D eigenvalue weighted by Crippen LogP contribution is 2.37. The molecular weight excluding hydrogens is 534 g/mol. The van der Waals surface area contributed by atoms with E-state index in [1.54, 1.807) is 12.1 Å². The molecule has 2 aromatic rings. The van der Waals surface area contributed by atoms with Gasteiger partial charge in [0.1, 0.15) is 6.04 Å². The molecule has 0 aromatic heterocycles. The molecule has 0 radical (unpaired) electrons. The van der Waals surface area contributed by atoms with Gasteiger partial charge in [-0.2, -0.15) is 0 Å². The number of nitrogens with two attached hydrogens (primary N) is 2. The van der Waals surface area contributed by atoms with E-state index >= 15 is 0 Å². The minimum atomic E-state index is -1.32. The SMILES string of the molecule is C/C=S(\c1ccccc1)N1CCC[C@H]1CC(=O)N[C@@H](CNC(=O)CNC(=O)c1cccc(N=C(N)N)c1)C(=O)O. The van der Waals surface area contributed by atoms with Crippen LogP contribution in [0, 0.1) is 0 Å². The number of benzene rings is 2. The van der Waals surface area contributed by atoms with Crippen LogP contribution in [-0.2, 0) is 14.4 Å². The number of carbonyl (C=O) groups excluding carboxylic acids is 3. The van der Waals surface area contributed by atoms with Crippen molar-refractivity contribution in [3.05, 3.63) is 60.2 Å². The smallest absolute Gasteiger partial charge is 0.328 e. The van der Waals surface area contributed by atoms with Crippen LogP contribution >= 0.6 is 10.7 Å². The predicted octanol–water partition coefficient (Wildman–Crippen LogP) is 0.927. The largest absolute Gasteiger partial charge is 0.480 e. The van der Waals surface area contributed by atoms with Gasteiger partial charge in [0.2, 0.25) is 11.8 Å². The van der Waals surface area contributed by atoms with E-state index in [0.29, 0.717) is 5.69 Å². The van der Waals surface area contributed by atoms with Gasteiger partial charge in [0.15, 0.2) is 5.96 Å². The minimum Gasteiger partial charge on any atom is -0.480 e. The Morgan fingerprint density at radius 1 is 1.10 bits per heavy atom. The van der Waals surface area contributed by atoms with Gasteiger partial charge in [0.05, 0.1) is 12.2 Å². The molecule has 1 heterocycles. The number of hydrogen-bond acceptors (Lipinski definition) is 6.